The van der Waals surface area contributed by atoms with Crippen LogP contribution in [0.3, 0.4) is 0 Å². The molecule has 19 heavy (non-hydrogen) atoms. The second-order valence-corrected chi connectivity index (χ2v) is 7.22. The molecule has 0 atom stereocenters. The van der Waals surface area contributed by atoms with Gasteiger partial charge in [0.15, 0.2) is 0 Å². The number of hydrogen-bond acceptors (Lipinski definition) is 3. The number of hydrogen-bond donors (Lipinski definition) is 2. The van der Waals surface area contributed by atoms with E-state index in [1.807, 2.05) is 0 Å². The molecule has 4 nitrogen and oxygen atoms in total. The van der Waals surface area contributed by atoms with Gasteiger partial charge in [-0.3, -0.25) is 0 Å². The van der Waals surface area contributed by atoms with Crippen molar-refractivity contribution in [2.24, 2.45) is 11.7 Å². The van der Waals surface area contributed by atoms with Crippen molar-refractivity contribution in [1.82, 2.24) is 4.72 Å². The van der Waals surface area contributed by atoms with Crippen LogP contribution in [0.2, 0.25) is 0 Å². The van der Waals surface area contributed by atoms with E-state index in [2.05, 4.69) is 4.72 Å². The highest BCUT2D eigenvalue weighted by Crippen LogP contribution is 2.25. The molecule has 0 bridgehead atoms. The molecular formula is C13H18N2O2S2. The number of nitrogens with two attached hydrogens (primary N) is 1. The molecule has 1 aromatic carbocycles. The van der Waals surface area contributed by atoms with E-state index < -0.39 is 10.0 Å². The van der Waals surface area contributed by atoms with Crippen LogP contribution in [0.4, 0.5) is 0 Å². The summed E-state index contributed by atoms with van der Waals surface area (Å²) >= 11 is 4.88. The number of thiocarbonyl (C=S) groups is 1. The highest BCUT2D eigenvalue weighted by Gasteiger charge is 2.20. The van der Waals surface area contributed by atoms with E-state index in [0.717, 1.165) is 12.8 Å². The van der Waals surface area contributed by atoms with E-state index in [1.54, 1.807) is 24.3 Å². The monoisotopic (exact) mass is 298 g/mol. The largest absolute Gasteiger partial charge is 0.389 e. The SMILES string of the molecule is NC(=S)c1cccc(CS(=O)(=O)NCC2CCC2)c1. The summed E-state index contributed by atoms with van der Waals surface area (Å²) in [5.74, 6) is 0.480. The summed E-state index contributed by atoms with van der Waals surface area (Å²) in [5, 5.41) is 0. The van der Waals surface area contributed by atoms with Crippen molar-refractivity contribution in [3.05, 3.63) is 35.4 Å². The van der Waals surface area contributed by atoms with Crippen molar-refractivity contribution < 1.29 is 8.42 Å². The third-order valence-electron chi connectivity index (χ3n) is 3.38. The van der Waals surface area contributed by atoms with E-state index in [1.165, 1.54) is 6.42 Å². The summed E-state index contributed by atoms with van der Waals surface area (Å²) in [6.45, 7) is 0.553. The minimum absolute atomic E-state index is 0.0316. The third-order valence-corrected chi connectivity index (χ3v) is 4.94. The minimum Gasteiger partial charge on any atom is -0.389 e. The van der Waals surface area contributed by atoms with Gasteiger partial charge in [-0.25, -0.2) is 13.1 Å². The van der Waals surface area contributed by atoms with E-state index in [4.69, 9.17) is 18.0 Å². The molecule has 3 N–H and O–H groups in total. The Morgan fingerprint density at radius 1 is 1.42 bits per heavy atom. The lowest BCUT2D eigenvalue weighted by molar-refractivity contribution is 0.316. The fourth-order valence-electron chi connectivity index (χ4n) is 2.03. The molecule has 0 aliphatic heterocycles. The second-order valence-electron chi connectivity index (χ2n) is 4.97. The Kier molecular flexibility index (Phi) is 4.54. The molecule has 0 amide bonds. The van der Waals surface area contributed by atoms with Crippen LogP contribution in [0.1, 0.15) is 30.4 Å². The van der Waals surface area contributed by atoms with E-state index in [9.17, 15) is 8.42 Å². The molecule has 0 unspecified atom stereocenters. The maximum atomic E-state index is 12.0. The normalized spacial score (nSPS) is 16.0. The van der Waals surface area contributed by atoms with Crippen LogP contribution in [0, 0.1) is 5.92 Å². The van der Waals surface area contributed by atoms with Crippen LogP contribution in [0.25, 0.3) is 0 Å². The van der Waals surface area contributed by atoms with Gasteiger partial charge >= 0.3 is 0 Å². The van der Waals surface area contributed by atoms with Gasteiger partial charge in [0.25, 0.3) is 0 Å². The Hall–Kier alpha value is -0.980. The van der Waals surface area contributed by atoms with Crippen LogP contribution in [-0.4, -0.2) is 20.0 Å². The highest BCUT2D eigenvalue weighted by atomic mass is 32.2. The number of sulfonamides is 1. The summed E-state index contributed by atoms with van der Waals surface area (Å²) in [7, 11) is -3.28. The van der Waals surface area contributed by atoms with Crippen LogP contribution in [-0.2, 0) is 15.8 Å². The maximum absolute atomic E-state index is 12.0. The highest BCUT2D eigenvalue weighted by molar-refractivity contribution is 7.88. The third kappa shape index (κ3) is 4.26. The molecule has 1 aliphatic carbocycles. The fourth-order valence-corrected chi connectivity index (χ4v) is 3.36. The van der Waals surface area contributed by atoms with Crippen LogP contribution < -0.4 is 10.5 Å². The molecule has 2 rings (SSSR count). The first-order valence-corrected chi connectivity index (χ1v) is 8.38. The standard InChI is InChI=1S/C13H18N2O2S2/c14-13(18)12-6-2-5-11(7-12)9-19(16,17)15-8-10-3-1-4-10/h2,5-7,10,15H,1,3-4,8-9H2,(H2,14,18). The van der Waals surface area contributed by atoms with Gasteiger partial charge in [0.1, 0.15) is 4.99 Å². The molecule has 0 heterocycles. The molecule has 1 fully saturated rings. The predicted molar refractivity (Wildman–Crippen MR) is 80.3 cm³/mol. The summed E-state index contributed by atoms with van der Waals surface area (Å²) in [6, 6.07) is 7.04. The van der Waals surface area contributed by atoms with Crippen molar-refractivity contribution in [3.63, 3.8) is 0 Å². The smallest absolute Gasteiger partial charge is 0.215 e. The molecule has 6 heteroatoms. The summed E-state index contributed by atoms with van der Waals surface area (Å²) in [6.07, 6.45) is 3.46. The van der Waals surface area contributed by atoms with Crippen molar-refractivity contribution >= 4 is 27.2 Å². The topological polar surface area (TPSA) is 72.2 Å². The molecule has 0 aromatic heterocycles. The maximum Gasteiger partial charge on any atom is 0.215 e. The number of rotatable bonds is 6. The van der Waals surface area contributed by atoms with Crippen LogP contribution in [0.15, 0.2) is 24.3 Å². The molecular weight excluding hydrogens is 280 g/mol. The first kappa shape index (κ1) is 14.4. The first-order chi connectivity index (χ1) is 8.96. The Labute approximate surface area is 119 Å². The van der Waals surface area contributed by atoms with Crippen molar-refractivity contribution in [2.45, 2.75) is 25.0 Å². The van der Waals surface area contributed by atoms with Gasteiger partial charge in [0.2, 0.25) is 10.0 Å². The predicted octanol–water partition coefficient (Wildman–Crippen LogP) is 1.54. The zero-order valence-electron chi connectivity index (χ0n) is 10.6. The van der Waals surface area contributed by atoms with Gasteiger partial charge in [0, 0.05) is 12.1 Å². The Morgan fingerprint density at radius 3 is 2.74 bits per heavy atom. The van der Waals surface area contributed by atoms with Crippen LogP contribution in [0.5, 0.6) is 0 Å². The summed E-state index contributed by atoms with van der Waals surface area (Å²) < 4.78 is 26.6. The summed E-state index contributed by atoms with van der Waals surface area (Å²) in [4.78, 5) is 0.279. The van der Waals surface area contributed by atoms with Gasteiger partial charge in [-0.2, -0.15) is 0 Å². The Balaban J connectivity index is 1.98. The Morgan fingerprint density at radius 2 is 2.16 bits per heavy atom. The fraction of sp³-hybridized carbons (Fsp3) is 0.462. The first-order valence-electron chi connectivity index (χ1n) is 6.32. The molecule has 1 aromatic rings. The van der Waals surface area contributed by atoms with Gasteiger partial charge < -0.3 is 5.73 Å². The molecule has 0 spiro atoms. The Bertz CT molecular complexity index is 566. The lowest BCUT2D eigenvalue weighted by atomic mass is 9.86. The molecule has 0 saturated heterocycles. The van der Waals surface area contributed by atoms with E-state index in [0.29, 0.717) is 23.6 Å². The van der Waals surface area contributed by atoms with Gasteiger partial charge in [0.05, 0.1) is 5.75 Å². The lowest BCUT2D eigenvalue weighted by Crippen LogP contribution is -2.33. The summed E-state index contributed by atoms with van der Waals surface area (Å²) in [5.41, 5.74) is 6.93. The van der Waals surface area contributed by atoms with Gasteiger partial charge in [-0.15, -0.1) is 0 Å². The van der Waals surface area contributed by atoms with E-state index >= 15 is 0 Å². The van der Waals surface area contributed by atoms with Gasteiger partial charge in [-0.05, 0) is 30.4 Å². The second kappa shape index (κ2) is 5.98. The number of nitrogens with one attached hydrogen (secondary N) is 1. The molecule has 1 aliphatic rings. The van der Waals surface area contributed by atoms with Crippen LogP contribution >= 0.6 is 12.2 Å². The molecule has 1 saturated carbocycles. The van der Waals surface area contributed by atoms with E-state index in [-0.39, 0.29) is 10.7 Å². The minimum atomic E-state index is -3.28. The number of benzene rings is 1. The molecule has 104 valence electrons. The zero-order chi connectivity index (χ0) is 13.9. The average molecular weight is 298 g/mol. The lowest BCUT2D eigenvalue weighted by Gasteiger charge is -2.25. The molecule has 0 radical (unpaired) electrons. The van der Waals surface area contributed by atoms with Crippen molar-refractivity contribution in [2.75, 3.05) is 6.54 Å². The average Bonchev–Trinajstić information content (AvgIpc) is 2.26. The van der Waals surface area contributed by atoms with Crippen molar-refractivity contribution in [1.29, 1.82) is 0 Å². The van der Waals surface area contributed by atoms with Gasteiger partial charge in [-0.1, -0.05) is 36.8 Å². The van der Waals surface area contributed by atoms with Crippen molar-refractivity contribution in [3.8, 4) is 0 Å². The quantitative estimate of drug-likeness (QED) is 0.782. The zero-order valence-corrected chi connectivity index (χ0v) is 12.3.